The van der Waals surface area contributed by atoms with E-state index >= 15 is 0 Å². The van der Waals surface area contributed by atoms with Gasteiger partial charge in [-0.2, -0.15) is 4.31 Å². The summed E-state index contributed by atoms with van der Waals surface area (Å²) < 4.78 is 27.0. The standard InChI is InChI=1S/C18H24N2O3S/c1-18(2,3)16-6-8-17(9-7-16)24(22,23)20(11-12-21)14-15-5-4-10-19-13-15/h4-10,13,21H,11-12,14H2,1-3H3. The molecule has 0 aliphatic carbocycles. The number of sulfonamides is 1. The van der Waals surface area contributed by atoms with Crippen LogP contribution in [0.4, 0.5) is 0 Å². The fourth-order valence-corrected chi connectivity index (χ4v) is 3.79. The van der Waals surface area contributed by atoms with Gasteiger partial charge in [-0.3, -0.25) is 4.98 Å². The molecule has 0 aliphatic heterocycles. The van der Waals surface area contributed by atoms with Gasteiger partial charge in [-0.25, -0.2) is 8.42 Å². The van der Waals surface area contributed by atoms with Gasteiger partial charge in [-0.1, -0.05) is 39.0 Å². The van der Waals surface area contributed by atoms with Crippen molar-refractivity contribution < 1.29 is 13.5 Å². The number of nitrogens with zero attached hydrogens (tertiary/aromatic N) is 2. The molecule has 130 valence electrons. The van der Waals surface area contributed by atoms with E-state index in [-0.39, 0.29) is 30.0 Å². The van der Waals surface area contributed by atoms with Crippen molar-refractivity contribution in [2.45, 2.75) is 37.6 Å². The minimum absolute atomic E-state index is 0.0389. The molecule has 0 unspecified atom stereocenters. The van der Waals surface area contributed by atoms with Crippen LogP contribution in [0.3, 0.4) is 0 Å². The molecule has 0 spiro atoms. The zero-order chi connectivity index (χ0) is 17.8. The molecule has 1 N–H and O–H groups in total. The van der Waals surface area contributed by atoms with Crippen LogP contribution in [-0.4, -0.2) is 36.0 Å². The van der Waals surface area contributed by atoms with Crippen LogP contribution >= 0.6 is 0 Å². The van der Waals surface area contributed by atoms with Gasteiger partial charge in [0.15, 0.2) is 0 Å². The number of hydrogen-bond donors (Lipinski definition) is 1. The molecule has 0 saturated carbocycles. The molecule has 5 nitrogen and oxygen atoms in total. The van der Waals surface area contributed by atoms with Crippen molar-refractivity contribution in [3.8, 4) is 0 Å². The van der Waals surface area contributed by atoms with Gasteiger partial charge >= 0.3 is 0 Å². The normalized spacial score (nSPS) is 12.5. The second-order valence-electron chi connectivity index (χ2n) is 6.70. The van der Waals surface area contributed by atoms with Crippen LogP contribution in [0.1, 0.15) is 31.9 Å². The zero-order valence-electron chi connectivity index (χ0n) is 14.3. The van der Waals surface area contributed by atoms with Crippen LogP contribution in [0.15, 0.2) is 53.7 Å². The van der Waals surface area contributed by atoms with E-state index in [1.165, 1.54) is 4.31 Å². The minimum atomic E-state index is -3.68. The first kappa shape index (κ1) is 18.6. The molecule has 0 radical (unpaired) electrons. The molecular weight excluding hydrogens is 324 g/mol. The van der Waals surface area contributed by atoms with Crippen molar-refractivity contribution in [1.82, 2.24) is 9.29 Å². The van der Waals surface area contributed by atoms with E-state index in [0.717, 1.165) is 11.1 Å². The summed E-state index contributed by atoms with van der Waals surface area (Å²) in [6, 6.07) is 10.5. The molecule has 6 heteroatoms. The van der Waals surface area contributed by atoms with E-state index in [0.29, 0.717) is 0 Å². The maximum atomic E-state index is 12.9. The Kier molecular flexibility index (Phi) is 5.74. The lowest BCUT2D eigenvalue weighted by Crippen LogP contribution is -2.33. The number of aromatic nitrogens is 1. The molecule has 24 heavy (non-hydrogen) atoms. The topological polar surface area (TPSA) is 70.5 Å². The molecule has 1 heterocycles. The lowest BCUT2D eigenvalue weighted by Gasteiger charge is -2.23. The van der Waals surface area contributed by atoms with Crippen LogP contribution in [0, 0.1) is 0 Å². The number of aliphatic hydroxyl groups is 1. The number of pyridine rings is 1. The highest BCUT2D eigenvalue weighted by Gasteiger charge is 2.25. The third-order valence-electron chi connectivity index (χ3n) is 3.79. The number of hydrogen-bond acceptors (Lipinski definition) is 4. The Labute approximate surface area is 144 Å². The van der Waals surface area contributed by atoms with Crippen molar-refractivity contribution in [1.29, 1.82) is 0 Å². The second kappa shape index (κ2) is 7.42. The largest absolute Gasteiger partial charge is 0.395 e. The van der Waals surface area contributed by atoms with Crippen LogP contribution in [-0.2, 0) is 22.0 Å². The monoisotopic (exact) mass is 348 g/mol. The molecule has 0 bridgehead atoms. The van der Waals surface area contributed by atoms with Gasteiger partial charge in [-0.05, 0) is 34.7 Å². The molecule has 0 amide bonds. The van der Waals surface area contributed by atoms with E-state index < -0.39 is 10.0 Å². The summed E-state index contributed by atoms with van der Waals surface area (Å²) in [6.07, 6.45) is 3.27. The van der Waals surface area contributed by atoms with Gasteiger partial charge in [0.2, 0.25) is 10.0 Å². The summed E-state index contributed by atoms with van der Waals surface area (Å²) >= 11 is 0. The fraction of sp³-hybridized carbons (Fsp3) is 0.389. The molecule has 1 aromatic heterocycles. The number of rotatable bonds is 6. The number of benzene rings is 1. The van der Waals surface area contributed by atoms with E-state index in [1.54, 1.807) is 30.6 Å². The van der Waals surface area contributed by atoms with Crippen LogP contribution < -0.4 is 0 Å². The van der Waals surface area contributed by atoms with Gasteiger partial charge in [0.1, 0.15) is 0 Å². The van der Waals surface area contributed by atoms with Crippen molar-refractivity contribution >= 4 is 10.0 Å². The summed E-state index contributed by atoms with van der Waals surface area (Å²) in [5, 5.41) is 9.25. The van der Waals surface area contributed by atoms with Gasteiger partial charge in [-0.15, -0.1) is 0 Å². The second-order valence-corrected chi connectivity index (χ2v) is 8.64. The van der Waals surface area contributed by atoms with Crippen molar-refractivity contribution in [3.05, 3.63) is 59.9 Å². The maximum absolute atomic E-state index is 12.9. The van der Waals surface area contributed by atoms with Crippen LogP contribution in [0.25, 0.3) is 0 Å². The first-order valence-electron chi connectivity index (χ1n) is 7.85. The first-order valence-corrected chi connectivity index (χ1v) is 9.29. The van der Waals surface area contributed by atoms with Gasteiger partial charge in [0, 0.05) is 25.5 Å². The van der Waals surface area contributed by atoms with Crippen LogP contribution in [0.2, 0.25) is 0 Å². The molecule has 1 aromatic carbocycles. The Morgan fingerprint density at radius 2 is 1.79 bits per heavy atom. The predicted octanol–water partition coefficient (Wildman–Crippen LogP) is 2.56. The van der Waals surface area contributed by atoms with Crippen molar-refractivity contribution in [2.24, 2.45) is 0 Å². The maximum Gasteiger partial charge on any atom is 0.243 e. The predicted molar refractivity (Wildman–Crippen MR) is 94.1 cm³/mol. The third-order valence-corrected chi connectivity index (χ3v) is 5.65. The highest BCUT2D eigenvalue weighted by atomic mass is 32.2. The Morgan fingerprint density at radius 1 is 1.12 bits per heavy atom. The summed E-state index contributed by atoms with van der Waals surface area (Å²) in [4.78, 5) is 4.24. The van der Waals surface area contributed by atoms with Gasteiger partial charge in [0.05, 0.1) is 11.5 Å². The van der Waals surface area contributed by atoms with E-state index in [1.807, 2.05) is 18.2 Å². The van der Waals surface area contributed by atoms with Crippen molar-refractivity contribution in [3.63, 3.8) is 0 Å². The summed E-state index contributed by atoms with van der Waals surface area (Å²) in [5.74, 6) is 0. The van der Waals surface area contributed by atoms with Crippen LogP contribution in [0.5, 0.6) is 0 Å². The smallest absolute Gasteiger partial charge is 0.243 e. The summed E-state index contributed by atoms with van der Waals surface area (Å²) in [6.45, 7) is 6.22. The molecule has 2 rings (SSSR count). The average molecular weight is 348 g/mol. The lowest BCUT2D eigenvalue weighted by atomic mass is 9.87. The van der Waals surface area contributed by atoms with Crippen molar-refractivity contribution in [2.75, 3.05) is 13.2 Å². The lowest BCUT2D eigenvalue weighted by molar-refractivity contribution is 0.251. The first-order chi connectivity index (χ1) is 11.2. The molecule has 2 aromatic rings. The Hall–Kier alpha value is -1.76. The molecule has 0 fully saturated rings. The third kappa shape index (κ3) is 4.41. The average Bonchev–Trinajstić information content (AvgIpc) is 2.55. The Balaban J connectivity index is 2.30. The Morgan fingerprint density at radius 3 is 2.29 bits per heavy atom. The number of aliphatic hydroxyl groups excluding tert-OH is 1. The summed E-state index contributed by atoms with van der Waals surface area (Å²) in [5.41, 5.74) is 1.81. The molecular formula is C18H24N2O3S. The molecule has 0 aliphatic rings. The van der Waals surface area contributed by atoms with E-state index in [4.69, 9.17) is 0 Å². The highest BCUT2D eigenvalue weighted by Crippen LogP contribution is 2.25. The quantitative estimate of drug-likeness (QED) is 0.871. The molecule has 0 saturated heterocycles. The zero-order valence-corrected chi connectivity index (χ0v) is 15.1. The SMILES string of the molecule is CC(C)(C)c1ccc(S(=O)(=O)N(CCO)Cc2cccnc2)cc1. The highest BCUT2D eigenvalue weighted by molar-refractivity contribution is 7.89. The van der Waals surface area contributed by atoms with Gasteiger partial charge < -0.3 is 5.11 Å². The minimum Gasteiger partial charge on any atom is -0.395 e. The van der Waals surface area contributed by atoms with E-state index in [9.17, 15) is 13.5 Å². The Bertz CT molecular complexity index is 751. The molecule has 0 atom stereocenters. The van der Waals surface area contributed by atoms with E-state index in [2.05, 4.69) is 25.8 Å². The fourth-order valence-electron chi connectivity index (χ4n) is 2.37. The summed E-state index contributed by atoms with van der Waals surface area (Å²) in [7, 11) is -3.68. The van der Waals surface area contributed by atoms with Gasteiger partial charge in [0.25, 0.3) is 0 Å².